The molecule has 0 aliphatic carbocycles. The van der Waals surface area contributed by atoms with Crippen LogP contribution in [0.1, 0.15) is 31.4 Å². The summed E-state index contributed by atoms with van der Waals surface area (Å²) in [6.45, 7) is 3.65. The van der Waals surface area contributed by atoms with Crippen LogP contribution in [0.15, 0.2) is 54.9 Å². The van der Waals surface area contributed by atoms with Gasteiger partial charge in [-0.15, -0.1) is 13.2 Å². The average molecular weight is 522 g/mol. The van der Waals surface area contributed by atoms with E-state index in [1.54, 1.807) is 36.7 Å². The van der Waals surface area contributed by atoms with Gasteiger partial charge in [-0.25, -0.2) is 0 Å². The van der Waals surface area contributed by atoms with Crippen molar-refractivity contribution in [2.45, 2.75) is 37.8 Å². The lowest BCUT2D eigenvalue weighted by Gasteiger charge is -2.38. The van der Waals surface area contributed by atoms with Crippen molar-refractivity contribution >= 4 is 11.4 Å². The predicted octanol–water partition coefficient (Wildman–Crippen LogP) is 4.43. The van der Waals surface area contributed by atoms with E-state index in [1.807, 2.05) is 18.9 Å². The van der Waals surface area contributed by atoms with Crippen molar-refractivity contribution in [3.8, 4) is 11.5 Å². The van der Waals surface area contributed by atoms with Crippen LogP contribution >= 0.6 is 0 Å². The molecule has 0 bridgehead atoms. The van der Waals surface area contributed by atoms with Crippen molar-refractivity contribution in [2.75, 3.05) is 31.6 Å². The molecule has 3 N–H and O–H groups in total. The van der Waals surface area contributed by atoms with Gasteiger partial charge in [-0.05, 0) is 68.6 Å². The number of piperidine rings is 1. The maximum Gasteiger partial charge on any atom is 0.573 e. The fourth-order valence-corrected chi connectivity index (χ4v) is 4.79. The number of halogens is 3. The minimum absolute atomic E-state index is 0.144. The van der Waals surface area contributed by atoms with Crippen LogP contribution in [0.5, 0.6) is 11.5 Å². The molecule has 0 spiro atoms. The lowest BCUT2D eigenvalue weighted by Crippen LogP contribution is -2.50. The van der Waals surface area contributed by atoms with E-state index in [9.17, 15) is 23.3 Å². The summed E-state index contributed by atoms with van der Waals surface area (Å²) in [5.74, 6) is 0.0313. The Morgan fingerprint density at radius 2 is 1.78 bits per heavy atom. The molecule has 12 heteroatoms. The van der Waals surface area contributed by atoms with E-state index in [0.29, 0.717) is 5.69 Å². The van der Waals surface area contributed by atoms with Crippen LogP contribution in [0.2, 0.25) is 0 Å². The molecule has 37 heavy (non-hydrogen) atoms. The normalized spacial score (nSPS) is 18.0. The minimum Gasteiger partial charge on any atom is -0.482 e. The van der Waals surface area contributed by atoms with Gasteiger partial charge >= 0.3 is 12.0 Å². The Hall–Kier alpha value is -3.67. The Kier molecular flexibility index (Phi) is 7.67. The molecule has 2 aliphatic heterocycles. The molecule has 0 radical (unpaired) electrons. The first-order valence-corrected chi connectivity index (χ1v) is 12.0. The molecule has 9 nitrogen and oxygen atoms in total. The Morgan fingerprint density at radius 1 is 1.14 bits per heavy atom. The molecule has 2 aromatic rings. The lowest BCUT2D eigenvalue weighted by molar-refractivity contribution is -0.385. The van der Waals surface area contributed by atoms with E-state index in [0.717, 1.165) is 31.5 Å². The summed E-state index contributed by atoms with van der Waals surface area (Å²) in [5.41, 5.74) is 0.650. The predicted molar refractivity (Wildman–Crippen MR) is 132 cm³/mol. The second-order valence-corrected chi connectivity index (χ2v) is 9.41. The summed E-state index contributed by atoms with van der Waals surface area (Å²) in [6.07, 6.45) is 0.405. The highest BCUT2D eigenvalue weighted by molar-refractivity contribution is 5.60. The zero-order chi connectivity index (χ0) is 26.6. The third-order valence-electron chi connectivity index (χ3n) is 6.65. The molecular weight excluding hydrogens is 491 g/mol. The van der Waals surface area contributed by atoms with Crippen molar-refractivity contribution in [1.29, 1.82) is 0 Å². The van der Waals surface area contributed by atoms with E-state index in [1.165, 1.54) is 18.2 Å². The third kappa shape index (κ3) is 6.56. The number of nitro benzene ring substituents is 1. The zero-order valence-electron chi connectivity index (χ0n) is 20.5. The maximum atomic E-state index is 12.6. The molecule has 2 aliphatic rings. The van der Waals surface area contributed by atoms with E-state index >= 15 is 0 Å². The number of nitro groups is 1. The number of ether oxygens (including phenoxy) is 2. The van der Waals surface area contributed by atoms with Gasteiger partial charge in [0.15, 0.2) is 5.75 Å². The van der Waals surface area contributed by atoms with Gasteiger partial charge in [0.1, 0.15) is 18.0 Å². The van der Waals surface area contributed by atoms with Crippen molar-refractivity contribution in [2.24, 2.45) is 5.92 Å². The lowest BCUT2D eigenvalue weighted by atomic mass is 9.84. The van der Waals surface area contributed by atoms with Crippen LogP contribution in [0.4, 0.5) is 24.5 Å². The van der Waals surface area contributed by atoms with Crippen LogP contribution in [-0.2, 0) is 0 Å². The van der Waals surface area contributed by atoms with Crippen molar-refractivity contribution in [1.82, 2.24) is 16.0 Å². The number of hydrogen-bond donors (Lipinski definition) is 3. The number of nitrogens with zero attached hydrogens (tertiary/aromatic N) is 2. The minimum atomic E-state index is -4.77. The van der Waals surface area contributed by atoms with Gasteiger partial charge in [0, 0.05) is 31.2 Å². The highest BCUT2D eigenvalue weighted by Crippen LogP contribution is 2.40. The van der Waals surface area contributed by atoms with Gasteiger partial charge in [0.2, 0.25) is 0 Å². The Labute approximate surface area is 212 Å². The maximum absolute atomic E-state index is 12.6. The molecule has 0 aromatic heterocycles. The van der Waals surface area contributed by atoms with Gasteiger partial charge in [-0.1, -0.05) is 12.1 Å². The first-order valence-electron chi connectivity index (χ1n) is 12.0. The molecule has 0 unspecified atom stereocenters. The van der Waals surface area contributed by atoms with Crippen LogP contribution < -0.4 is 30.3 Å². The largest absolute Gasteiger partial charge is 0.573 e. The summed E-state index contributed by atoms with van der Waals surface area (Å²) in [4.78, 5) is 13.4. The van der Waals surface area contributed by atoms with Gasteiger partial charge in [-0.3, -0.25) is 10.1 Å². The van der Waals surface area contributed by atoms with E-state index in [4.69, 9.17) is 4.74 Å². The molecule has 4 rings (SSSR count). The molecule has 0 saturated carbocycles. The Bertz CT molecular complexity index is 1110. The summed E-state index contributed by atoms with van der Waals surface area (Å²) in [5, 5.41) is 21.4. The van der Waals surface area contributed by atoms with Crippen LogP contribution in [-0.4, -0.2) is 43.7 Å². The molecule has 1 saturated heterocycles. The van der Waals surface area contributed by atoms with Gasteiger partial charge in [-0.2, -0.15) is 0 Å². The second-order valence-electron chi connectivity index (χ2n) is 9.41. The van der Waals surface area contributed by atoms with Crippen LogP contribution in [0, 0.1) is 16.0 Å². The Balaban J connectivity index is 1.60. The number of hydrogen-bond acceptors (Lipinski definition) is 8. The smallest absolute Gasteiger partial charge is 0.482 e. The Morgan fingerprint density at radius 3 is 2.38 bits per heavy atom. The summed E-state index contributed by atoms with van der Waals surface area (Å²) in [6, 6.07) is 10.4. The van der Waals surface area contributed by atoms with Crippen LogP contribution in [0.25, 0.3) is 0 Å². The van der Waals surface area contributed by atoms with Crippen molar-refractivity contribution in [3.05, 3.63) is 70.5 Å². The van der Waals surface area contributed by atoms with Crippen molar-refractivity contribution in [3.63, 3.8) is 0 Å². The summed E-state index contributed by atoms with van der Waals surface area (Å²) >= 11 is 0. The van der Waals surface area contributed by atoms with Gasteiger partial charge < -0.3 is 30.3 Å². The highest BCUT2D eigenvalue weighted by Gasteiger charge is 2.33. The number of rotatable bonds is 9. The molecule has 1 fully saturated rings. The highest BCUT2D eigenvalue weighted by atomic mass is 19.4. The van der Waals surface area contributed by atoms with E-state index in [-0.39, 0.29) is 35.8 Å². The third-order valence-corrected chi connectivity index (χ3v) is 6.65. The van der Waals surface area contributed by atoms with Gasteiger partial charge in [0.05, 0.1) is 11.0 Å². The SMILES string of the molecule is CN(c1ccc(OCC2(C)NC=CN2)c([N+](=O)[O-])c1)[C@@H](c1ccc(OC(F)(F)F)cc1)C1CCNCC1. The fraction of sp³-hybridized carbons (Fsp3) is 0.440. The molecule has 1 atom stereocenters. The second kappa shape index (κ2) is 10.8. The van der Waals surface area contributed by atoms with E-state index in [2.05, 4.69) is 20.7 Å². The first kappa shape index (κ1) is 26.4. The molecule has 2 aromatic carbocycles. The number of anilines is 1. The summed E-state index contributed by atoms with van der Waals surface area (Å²) in [7, 11) is 1.84. The topological polar surface area (TPSA) is 101 Å². The molecular formula is C25H30F3N5O4. The fourth-order valence-electron chi connectivity index (χ4n) is 4.79. The number of benzene rings is 2. The van der Waals surface area contributed by atoms with E-state index < -0.39 is 16.9 Å². The van der Waals surface area contributed by atoms with Crippen LogP contribution in [0.3, 0.4) is 0 Å². The number of nitrogens with one attached hydrogen (secondary N) is 3. The zero-order valence-corrected chi connectivity index (χ0v) is 20.5. The standard InChI is InChI=1S/C25H30F3N5O4/c1-24(30-13-14-31-24)16-36-22-8-5-19(15-21(22)33(34)35)32(2)23(18-9-11-29-12-10-18)17-3-6-20(7-4-17)37-25(26,27)28/h3-8,13-15,18,23,29-31H,9-12,16H2,1-2H3/t23-/m0/s1. The summed E-state index contributed by atoms with van der Waals surface area (Å²) < 4.78 is 47.7. The average Bonchev–Trinajstić information content (AvgIpc) is 3.30. The molecule has 0 amide bonds. The number of alkyl halides is 3. The van der Waals surface area contributed by atoms with Crippen molar-refractivity contribution < 1.29 is 27.6 Å². The monoisotopic (exact) mass is 521 g/mol. The first-order chi connectivity index (χ1) is 17.5. The quantitative estimate of drug-likeness (QED) is 0.329. The van der Waals surface area contributed by atoms with Gasteiger partial charge in [0.25, 0.3) is 0 Å². The molecule has 2 heterocycles. The molecule has 200 valence electrons.